The molecular formula is C14H20BrNO. The summed E-state index contributed by atoms with van der Waals surface area (Å²) in [5, 5.41) is 3.50. The van der Waals surface area contributed by atoms with E-state index in [4.69, 9.17) is 4.74 Å². The van der Waals surface area contributed by atoms with Gasteiger partial charge in [-0.15, -0.1) is 0 Å². The Hall–Kier alpha value is -0.540. The molecule has 0 saturated carbocycles. The first-order valence-corrected chi connectivity index (χ1v) is 7.07. The molecule has 1 aliphatic rings. The number of benzene rings is 1. The lowest BCUT2D eigenvalue weighted by atomic mass is 9.96. The van der Waals surface area contributed by atoms with Gasteiger partial charge in [0.15, 0.2) is 0 Å². The number of nitrogens with one attached hydrogen (secondary N) is 1. The lowest BCUT2D eigenvalue weighted by Crippen LogP contribution is -2.28. The van der Waals surface area contributed by atoms with Crippen LogP contribution in [0.3, 0.4) is 0 Å². The van der Waals surface area contributed by atoms with Crippen molar-refractivity contribution in [3.8, 4) is 5.75 Å². The lowest BCUT2D eigenvalue weighted by molar-refractivity contribution is 0.209. The van der Waals surface area contributed by atoms with Gasteiger partial charge < -0.3 is 10.1 Å². The van der Waals surface area contributed by atoms with Crippen LogP contribution >= 0.6 is 15.9 Å². The molecule has 0 bridgehead atoms. The molecule has 1 aromatic carbocycles. The van der Waals surface area contributed by atoms with Gasteiger partial charge in [0.25, 0.3) is 0 Å². The minimum absolute atomic E-state index is 0.205. The highest BCUT2D eigenvalue weighted by Crippen LogP contribution is 2.43. The van der Waals surface area contributed by atoms with Crippen LogP contribution in [-0.4, -0.2) is 12.6 Å². The third-order valence-corrected chi connectivity index (χ3v) is 3.72. The second-order valence-electron chi connectivity index (χ2n) is 4.93. The molecule has 0 radical (unpaired) electrons. The molecular weight excluding hydrogens is 278 g/mol. The topological polar surface area (TPSA) is 21.3 Å². The van der Waals surface area contributed by atoms with E-state index in [1.807, 2.05) is 0 Å². The summed E-state index contributed by atoms with van der Waals surface area (Å²) in [4.78, 5) is 0. The second-order valence-corrected chi connectivity index (χ2v) is 5.84. The maximum atomic E-state index is 6.04. The minimum Gasteiger partial charge on any atom is -0.488 e. The first-order valence-electron chi connectivity index (χ1n) is 6.28. The Bertz CT molecular complexity index is 417. The number of likely N-dealkylation sites (N-methyl/N-ethyl adjacent to an activating group) is 1. The summed E-state index contributed by atoms with van der Waals surface area (Å²) in [6, 6.07) is 4.66. The van der Waals surface area contributed by atoms with E-state index in [9.17, 15) is 0 Å². The van der Waals surface area contributed by atoms with E-state index in [2.05, 4.69) is 61.1 Å². The van der Waals surface area contributed by atoms with Crippen molar-refractivity contribution in [2.24, 2.45) is 0 Å². The van der Waals surface area contributed by atoms with Crippen LogP contribution in [0, 0.1) is 0 Å². The maximum Gasteiger partial charge on any atom is 0.128 e. The molecule has 2 atom stereocenters. The zero-order valence-corrected chi connectivity index (χ0v) is 12.5. The molecule has 2 nitrogen and oxygen atoms in total. The van der Waals surface area contributed by atoms with Gasteiger partial charge in [0.05, 0.1) is 6.04 Å². The highest BCUT2D eigenvalue weighted by molar-refractivity contribution is 9.10. The lowest BCUT2D eigenvalue weighted by Gasteiger charge is -2.15. The van der Waals surface area contributed by atoms with Crippen molar-refractivity contribution in [3.63, 3.8) is 0 Å². The Morgan fingerprint density at radius 3 is 2.71 bits per heavy atom. The van der Waals surface area contributed by atoms with Gasteiger partial charge in [-0.2, -0.15) is 0 Å². The Kier molecular flexibility index (Phi) is 3.79. The average Bonchev–Trinajstić information content (AvgIpc) is 2.55. The summed E-state index contributed by atoms with van der Waals surface area (Å²) in [7, 11) is 0. The molecule has 0 fully saturated rings. The predicted molar refractivity (Wildman–Crippen MR) is 74.7 cm³/mol. The van der Waals surface area contributed by atoms with Crippen molar-refractivity contribution in [1.29, 1.82) is 0 Å². The summed E-state index contributed by atoms with van der Waals surface area (Å²) < 4.78 is 7.18. The van der Waals surface area contributed by atoms with E-state index < -0.39 is 0 Å². The fourth-order valence-electron chi connectivity index (χ4n) is 2.44. The highest BCUT2D eigenvalue weighted by atomic mass is 79.9. The van der Waals surface area contributed by atoms with Crippen molar-refractivity contribution in [3.05, 3.63) is 27.7 Å². The van der Waals surface area contributed by atoms with Gasteiger partial charge in [-0.25, -0.2) is 0 Å². The average molecular weight is 298 g/mol. The van der Waals surface area contributed by atoms with E-state index >= 15 is 0 Å². The molecule has 0 amide bonds. The number of fused-ring (bicyclic) bond motifs is 1. The fraction of sp³-hybridized carbons (Fsp3) is 0.571. The van der Waals surface area contributed by atoms with Gasteiger partial charge in [0, 0.05) is 10.0 Å². The molecule has 17 heavy (non-hydrogen) atoms. The molecule has 0 aromatic heterocycles. The zero-order chi connectivity index (χ0) is 12.6. The predicted octanol–water partition coefficient (Wildman–Crippen LogP) is 4.00. The first kappa shape index (κ1) is 12.9. The number of halogens is 1. The van der Waals surface area contributed by atoms with E-state index in [0.717, 1.165) is 16.8 Å². The quantitative estimate of drug-likeness (QED) is 0.910. The van der Waals surface area contributed by atoms with Crippen LogP contribution in [0.2, 0.25) is 0 Å². The summed E-state index contributed by atoms with van der Waals surface area (Å²) in [5.41, 5.74) is 2.58. The number of hydrogen-bond donors (Lipinski definition) is 1. The van der Waals surface area contributed by atoms with Gasteiger partial charge >= 0.3 is 0 Å². The maximum absolute atomic E-state index is 6.04. The Morgan fingerprint density at radius 2 is 2.12 bits per heavy atom. The van der Waals surface area contributed by atoms with Crippen LogP contribution in [0.15, 0.2) is 16.6 Å². The SMILES string of the molecule is CCNC1c2cc(Br)cc(C(C)C)c2OC1C. The third-order valence-electron chi connectivity index (χ3n) is 3.27. The van der Waals surface area contributed by atoms with Crippen molar-refractivity contribution >= 4 is 15.9 Å². The number of rotatable bonds is 3. The Labute approximate surface area is 112 Å². The molecule has 2 rings (SSSR count). The van der Waals surface area contributed by atoms with Crippen molar-refractivity contribution in [2.75, 3.05) is 6.54 Å². The summed E-state index contributed by atoms with van der Waals surface area (Å²) >= 11 is 3.60. The van der Waals surface area contributed by atoms with Crippen molar-refractivity contribution < 1.29 is 4.74 Å². The molecule has 1 N–H and O–H groups in total. The summed E-state index contributed by atoms with van der Waals surface area (Å²) in [6.07, 6.45) is 0.205. The molecule has 0 saturated heterocycles. The molecule has 0 spiro atoms. The summed E-state index contributed by atoms with van der Waals surface area (Å²) in [6.45, 7) is 9.63. The van der Waals surface area contributed by atoms with E-state index in [0.29, 0.717) is 12.0 Å². The van der Waals surface area contributed by atoms with Crippen LogP contribution < -0.4 is 10.1 Å². The van der Waals surface area contributed by atoms with Crippen LogP contribution in [0.1, 0.15) is 50.8 Å². The molecule has 2 unspecified atom stereocenters. The molecule has 1 heterocycles. The molecule has 0 aliphatic carbocycles. The van der Waals surface area contributed by atoms with E-state index in [-0.39, 0.29) is 6.10 Å². The van der Waals surface area contributed by atoms with Gasteiger partial charge in [-0.1, -0.05) is 36.7 Å². The number of hydrogen-bond acceptors (Lipinski definition) is 2. The Balaban J connectivity index is 2.48. The fourth-order valence-corrected chi connectivity index (χ4v) is 2.93. The second kappa shape index (κ2) is 4.99. The third kappa shape index (κ3) is 2.36. The normalized spacial score (nSPS) is 22.7. The van der Waals surface area contributed by atoms with Crippen LogP contribution in [0.5, 0.6) is 5.75 Å². The monoisotopic (exact) mass is 297 g/mol. The number of ether oxygens (including phenoxy) is 1. The van der Waals surface area contributed by atoms with Gasteiger partial charge in [-0.05, 0) is 37.1 Å². The van der Waals surface area contributed by atoms with Gasteiger partial charge in [0.2, 0.25) is 0 Å². The van der Waals surface area contributed by atoms with Crippen LogP contribution in [0.25, 0.3) is 0 Å². The van der Waals surface area contributed by atoms with Crippen molar-refractivity contribution in [1.82, 2.24) is 5.32 Å². The standard InChI is InChI=1S/C14H20BrNO/c1-5-16-13-9(4)17-14-11(8(2)3)6-10(15)7-12(13)14/h6-9,13,16H,5H2,1-4H3. The van der Waals surface area contributed by atoms with Gasteiger partial charge in [0.1, 0.15) is 11.9 Å². The van der Waals surface area contributed by atoms with Crippen LogP contribution in [0.4, 0.5) is 0 Å². The van der Waals surface area contributed by atoms with Crippen molar-refractivity contribution in [2.45, 2.75) is 45.8 Å². The van der Waals surface area contributed by atoms with Crippen LogP contribution in [-0.2, 0) is 0 Å². The molecule has 94 valence electrons. The Morgan fingerprint density at radius 1 is 1.41 bits per heavy atom. The van der Waals surface area contributed by atoms with Gasteiger partial charge in [-0.3, -0.25) is 0 Å². The molecule has 1 aliphatic heterocycles. The smallest absolute Gasteiger partial charge is 0.128 e. The highest BCUT2D eigenvalue weighted by Gasteiger charge is 2.33. The molecule has 3 heteroatoms. The first-order chi connectivity index (χ1) is 8.04. The largest absolute Gasteiger partial charge is 0.488 e. The molecule has 1 aromatic rings. The summed E-state index contributed by atoms with van der Waals surface area (Å²) in [5.74, 6) is 1.57. The zero-order valence-electron chi connectivity index (χ0n) is 10.9. The minimum atomic E-state index is 0.205. The van der Waals surface area contributed by atoms with E-state index in [1.54, 1.807) is 0 Å². The van der Waals surface area contributed by atoms with E-state index in [1.165, 1.54) is 11.1 Å².